The van der Waals surface area contributed by atoms with Crippen molar-refractivity contribution in [1.82, 2.24) is 0 Å². The molecule has 0 amide bonds. The molecule has 0 N–H and O–H groups in total. The Morgan fingerprint density at radius 2 is 1.82 bits per heavy atom. The van der Waals surface area contributed by atoms with Gasteiger partial charge < -0.3 is 0 Å². The van der Waals surface area contributed by atoms with E-state index in [-0.39, 0.29) is 15.7 Å². The molecule has 1 aromatic rings. The zero-order valence-corrected chi connectivity index (χ0v) is 7.41. The number of nitroso groups, excluding NO2 is 1. The summed E-state index contributed by atoms with van der Waals surface area (Å²) < 4.78 is 0. The third-order valence-electron chi connectivity index (χ3n) is 1.07. The van der Waals surface area contributed by atoms with Gasteiger partial charge in [-0.05, 0) is 17.3 Å². The average Bonchev–Trinajstić information content (AvgIpc) is 1.96. The highest BCUT2D eigenvalue weighted by atomic mass is 35.5. The monoisotopic (exact) mass is 209 g/mol. The molecule has 1 aromatic carbocycles. The van der Waals surface area contributed by atoms with Crippen LogP contribution >= 0.6 is 34.8 Å². The van der Waals surface area contributed by atoms with Gasteiger partial charge in [0.05, 0.1) is 10.0 Å². The van der Waals surface area contributed by atoms with Crippen molar-refractivity contribution in [2.45, 2.75) is 0 Å². The zero-order valence-electron chi connectivity index (χ0n) is 5.14. The molecule has 1 rings (SSSR count). The molecule has 0 radical (unpaired) electrons. The van der Waals surface area contributed by atoms with Gasteiger partial charge in [-0.15, -0.1) is 4.91 Å². The van der Waals surface area contributed by atoms with Gasteiger partial charge in [0, 0.05) is 5.02 Å². The average molecular weight is 210 g/mol. The van der Waals surface area contributed by atoms with Gasteiger partial charge in [-0.3, -0.25) is 0 Å². The van der Waals surface area contributed by atoms with Crippen molar-refractivity contribution in [3.05, 3.63) is 32.1 Å². The maximum atomic E-state index is 10.1. The third kappa shape index (κ3) is 1.83. The molecule has 11 heavy (non-hydrogen) atoms. The highest BCUT2D eigenvalue weighted by molar-refractivity contribution is 6.44. The molecular weight excluding hydrogens is 208 g/mol. The van der Waals surface area contributed by atoms with E-state index >= 15 is 0 Å². The Morgan fingerprint density at radius 1 is 1.18 bits per heavy atom. The van der Waals surface area contributed by atoms with E-state index in [4.69, 9.17) is 34.8 Å². The fourth-order valence-electron chi connectivity index (χ4n) is 0.609. The molecule has 0 bridgehead atoms. The minimum absolute atomic E-state index is 0.0594. The third-order valence-corrected chi connectivity index (χ3v) is 2.08. The maximum absolute atomic E-state index is 10.1. The second-order valence-electron chi connectivity index (χ2n) is 1.81. The molecule has 0 unspecified atom stereocenters. The lowest BCUT2D eigenvalue weighted by Gasteiger charge is -1.97. The van der Waals surface area contributed by atoms with E-state index in [1.165, 1.54) is 12.1 Å². The van der Waals surface area contributed by atoms with Crippen LogP contribution in [0.2, 0.25) is 15.1 Å². The zero-order chi connectivity index (χ0) is 8.43. The fraction of sp³-hybridized carbons (Fsp3) is 0. The topological polar surface area (TPSA) is 29.4 Å². The van der Waals surface area contributed by atoms with Crippen LogP contribution in [0.3, 0.4) is 0 Å². The van der Waals surface area contributed by atoms with Crippen LogP contribution in [-0.2, 0) is 0 Å². The van der Waals surface area contributed by atoms with E-state index in [2.05, 4.69) is 5.18 Å². The Hall–Kier alpha value is -0.310. The van der Waals surface area contributed by atoms with Gasteiger partial charge in [0.2, 0.25) is 0 Å². The van der Waals surface area contributed by atoms with E-state index in [1.54, 1.807) is 0 Å². The van der Waals surface area contributed by atoms with Crippen LogP contribution in [0.15, 0.2) is 17.3 Å². The van der Waals surface area contributed by atoms with Crippen LogP contribution in [0, 0.1) is 4.91 Å². The summed E-state index contributed by atoms with van der Waals surface area (Å²) in [4.78, 5) is 10.1. The predicted molar refractivity (Wildman–Crippen MR) is 46.9 cm³/mol. The van der Waals surface area contributed by atoms with Gasteiger partial charge in [-0.1, -0.05) is 34.8 Å². The Balaban J connectivity index is 3.35. The van der Waals surface area contributed by atoms with Gasteiger partial charge in [0.15, 0.2) is 0 Å². The van der Waals surface area contributed by atoms with Gasteiger partial charge in [-0.25, -0.2) is 0 Å². The molecule has 5 heteroatoms. The molecule has 0 fully saturated rings. The molecule has 58 valence electrons. The first-order valence-corrected chi connectivity index (χ1v) is 3.76. The first-order valence-electron chi connectivity index (χ1n) is 2.63. The van der Waals surface area contributed by atoms with Crippen LogP contribution in [0.4, 0.5) is 5.69 Å². The molecule has 0 atom stereocenters. The summed E-state index contributed by atoms with van der Waals surface area (Å²) in [6.07, 6.45) is 0. The van der Waals surface area contributed by atoms with Crippen LogP contribution in [0.25, 0.3) is 0 Å². The van der Waals surface area contributed by atoms with Crippen LogP contribution in [-0.4, -0.2) is 0 Å². The lowest BCUT2D eigenvalue weighted by molar-refractivity contribution is 1.50. The van der Waals surface area contributed by atoms with Crippen LogP contribution in [0.1, 0.15) is 0 Å². The van der Waals surface area contributed by atoms with Gasteiger partial charge >= 0.3 is 0 Å². The summed E-state index contributed by atoms with van der Waals surface area (Å²) in [5.74, 6) is 0. The van der Waals surface area contributed by atoms with Crippen molar-refractivity contribution in [3.63, 3.8) is 0 Å². The molecule has 0 aliphatic heterocycles. The van der Waals surface area contributed by atoms with E-state index in [1.807, 2.05) is 0 Å². The normalized spacial score (nSPS) is 9.73. The number of nitrogens with zero attached hydrogens (tertiary/aromatic N) is 1. The highest BCUT2D eigenvalue weighted by Gasteiger charge is 2.06. The molecule has 0 heterocycles. The molecular formula is C6H2Cl3NO. The number of halogens is 3. The molecule has 0 saturated carbocycles. The first-order chi connectivity index (χ1) is 5.15. The predicted octanol–water partition coefficient (Wildman–Crippen LogP) is 4.04. The first kappa shape index (κ1) is 8.78. The number of hydrogen-bond donors (Lipinski definition) is 0. The largest absolute Gasteiger partial charge is 0.145 e. The Kier molecular flexibility index (Phi) is 2.71. The van der Waals surface area contributed by atoms with E-state index in [0.29, 0.717) is 5.02 Å². The molecule has 0 aliphatic rings. The summed E-state index contributed by atoms with van der Waals surface area (Å²) >= 11 is 16.7. The smallest absolute Gasteiger partial charge is 0.129 e. The minimum Gasteiger partial charge on any atom is -0.145 e. The Labute approximate surface area is 78.0 Å². The second kappa shape index (κ2) is 3.39. The van der Waals surface area contributed by atoms with E-state index < -0.39 is 0 Å². The lowest BCUT2D eigenvalue weighted by Crippen LogP contribution is -1.70. The number of benzene rings is 1. The SMILES string of the molecule is O=Nc1cc(Cl)cc(Cl)c1Cl. The Morgan fingerprint density at radius 3 is 2.36 bits per heavy atom. The molecule has 0 saturated heterocycles. The minimum atomic E-state index is 0.0594. The number of rotatable bonds is 1. The van der Waals surface area contributed by atoms with Crippen LogP contribution in [0.5, 0.6) is 0 Å². The highest BCUT2D eigenvalue weighted by Crippen LogP contribution is 2.34. The quantitative estimate of drug-likeness (QED) is 0.508. The lowest BCUT2D eigenvalue weighted by atomic mass is 10.3. The van der Waals surface area contributed by atoms with Gasteiger partial charge in [0.1, 0.15) is 5.69 Å². The standard InChI is InChI=1S/C6H2Cl3NO/c7-3-1-4(8)6(9)5(2-3)10-11/h1-2H. The summed E-state index contributed by atoms with van der Waals surface area (Å²) in [5, 5.41) is 3.34. The van der Waals surface area contributed by atoms with Crippen molar-refractivity contribution in [3.8, 4) is 0 Å². The van der Waals surface area contributed by atoms with Crippen molar-refractivity contribution >= 4 is 40.5 Å². The summed E-state index contributed by atoms with van der Waals surface area (Å²) in [6.45, 7) is 0. The van der Waals surface area contributed by atoms with Crippen molar-refractivity contribution < 1.29 is 0 Å². The summed E-state index contributed by atoms with van der Waals surface area (Å²) in [6, 6.07) is 2.79. The fourth-order valence-corrected chi connectivity index (χ4v) is 1.24. The summed E-state index contributed by atoms with van der Waals surface area (Å²) in [5.41, 5.74) is 0.0594. The van der Waals surface area contributed by atoms with Gasteiger partial charge in [-0.2, -0.15) is 0 Å². The Bertz CT molecular complexity index is 300. The van der Waals surface area contributed by atoms with Crippen molar-refractivity contribution in [2.24, 2.45) is 5.18 Å². The van der Waals surface area contributed by atoms with E-state index in [0.717, 1.165) is 0 Å². The molecule has 0 aromatic heterocycles. The number of hydrogen-bond acceptors (Lipinski definition) is 2. The van der Waals surface area contributed by atoms with Crippen molar-refractivity contribution in [1.29, 1.82) is 0 Å². The van der Waals surface area contributed by atoms with Gasteiger partial charge in [0.25, 0.3) is 0 Å². The molecule has 0 spiro atoms. The maximum Gasteiger partial charge on any atom is 0.129 e. The van der Waals surface area contributed by atoms with E-state index in [9.17, 15) is 4.91 Å². The van der Waals surface area contributed by atoms with Crippen molar-refractivity contribution in [2.75, 3.05) is 0 Å². The van der Waals surface area contributed by atoms with Crippen LogP contribution < -0.4 is 0 Å². The molecule has 2 nitrogen and oxygen atoms in total. The second-order valence-corrected chi connectivity index (χ2v) is 3.03. The molecule has 0 aliphatic carbocycles. The summed E-state index contributed by atoms with van der Waals surface area (Å²) in [7, 11) is 0.